The predicted molar refractivity (Wildman–Crippen MR) is 57.6 cm³/mol. The minimum atomic E-state index is -0.641. The molecule has 0 amide bonds. The van der Waals surface area contributed by atoms with Crippen molar-refractivity contribution >= 4 is 0 Å². The Morgan fingerprint density at radius 1 is 1.33 bits per heavy atom. The number of nitrogens with two attached hydrogens (primary N) is 1. The van der Waals surface area contributed by atoms with Gasteiger partial charge < -0.3 is 20.7 Å². The second-order valence-electron chi connectivity index (χ2n) is 3.47. The van der Waals surface area contributed by atoms with Gasteiger partial charge in [0.15, 0.2) is 0 Å². The molecule has 0 radical (unpaired) electrons. The first-order valence-electron chi connectivity index (χ1n) is 4.85. The Morgan fingerprint density at radius 3 is 2.40 bits per heavy atom. The van der Waals surface area contributed by atoms with E-state index in [4.69, 9.17) is 15.6 Å². The molecule has 0 fully saturated rings. The first-order chi connectivity index (χ1) is 7.17. The van der Waals surface area contributed by atoms with E-state index < -0.39 is 6.10 Å². The first-order valence-corrected chi connectivity index (χ1v) is 4.85. The van der Waals surface area contributed by atoms with Gasteiger partial charge >= 0.3 is 0 Å². The average molecular weight is 211 g/mol. The highest BCUT2D eigenvalue weighted by molar-refractivity contribution is 5.28. The van der Waals surface area contributed by atoms with Crippen molar-refractivity contribution in [2.24, 2.45) is 5.73 Å². The van der Waals surface area contributed by atoms with E-state index >= 15 is 0 Å². The second-order valence-corrected chi connectivity index (χ2v) is 3.47. The lowest BCUT2D eigenvalue weighted by Crippen LogP contribution is -2.26. The number of aliphatic hydroxyl groups excluding tert-OH is 2. The number of hydrogen-bond donors (Lipinski definition) is 3. The van der Waals surface area contributed by atoms with E-state index in [2.05, 4.69) is 0 Å². The summed E-state index contributed by atoms with van der Waals surface area (Å²) in [4.78, 5) is 0. The fourth-order valence-electron chi connectivity index (χ4n) is 1.32. The average Bonchev–Trinajstić information content (AvgIpc) is 2.29. The number of methoxy groups -OCH3 is 1. The highest BCUT2D eigenvalue weighted by Gasteiger charge is 2.11. The van der Waals surface area contributed by atoms with E-state index in [1.54, 1.807) is 31.4 Å². The van der Waals surface area contributed by atoms with Crippen LogP contribution in [0.3, 0.4) is 0 Å². The molecule has 4 N–H and O–H groups in total. The Hall–Kier alpha value is -1.10. The Balaban J connectivity index is 2.61. The zero-order valence-electron chi connectivity index (χ0n) is 8.76. The fourth-order valence-corrected chi connectivity index (χ4v) is 1.32. The first kappa shape index (κ1) is 12.0. The van der Waals surface area contributed by atoms with E-state index in [1.165, 1.54) is 0 Å². The molecule has 0 saturated carbocycles. The van der Waals surface area contributed by atoms with Crippen LogP contribution in [0.2, 0.25) is 0 Å². The molecular formula is C11H17NO3. The molecule has 0 aliphatic heterocycles. The Labute approximate surface area is 89.3 Å². The lowest BCUT2D eigenvalue weighted by molar-refractivity contribution is 0.140. The SMILES string of the molecule is COc1ccc([C@@H](O)C[C@@H](N)CO)cc1. The summed E-state index contributed by atoms with van der Waals surface area (Å²) < 4.78 is 5.00. The van der Waals surface area contributed by atoms with Gasteiger partial charge in [0.05, 0.1) is 19.8 Å². The Bertz CT molecular complexity index is 286. The summed E-state index contributed by atoms with van der Waals surface area (Å²) in [5.74, 6) is 0.748. The third-order valence-corrected chi connectivity index (χ3v) is 2.26. The van der Waals surface area contributed by atoms with Gasteiger partial charge in [-0.25, -0.2) is 0 Å². The topological polar surface area (TPSA) is 75.7 Å². The number of aliphatic hydroxyl groups is 2. The molecular weight excluding hydrogens is 194 g/mol. The van der Waals surface area contributed by atoms with E-state index in [1.807, 2.05) is 0 Å². The minimum Gasteiger partial charge on any atom is -0.497 e. The Kier molecular flexibility index (Phi) is 4.55. The van der Waals surface area contributed by atoms with Crippen molar-refractivity contribution < 1.29 is 14.9 Å². The summed E-state index contributed by atoms with van der Waals surface area (Å²) in [6.07, 6.45) is -0.291. The standard InChI is InChI=1S/C11H17NO3/c1-15-10-4-2-8(3-5-10)11(14)6-9(12)7-13/h2-5,9,11,13-14H,6-7,12H2,1H3/t9-,11+/m1/s1. The van der Waals surface area contributed by atoms with Gasteiger partial charge in [0.2, 0.25) is 0 Å². The summed E-state index contributed by atoms with van der Waals surface area (Å²) in [6.45, 7) is -0.118. The second kappa shape index (κ2) is 5.70. The molecule has 0 spiro atoms. The summed E-state index contributed by atoms with van der Waals surface area (Å²) in [7, 11) is 1.59. The van der Waals surface area contributed by atoms with Gasteiger partial charge in [-0.1, -0.05) is 12.1 Å². The molecule has 1 aromatic rings. The lowest BCUT2D eigenvalue weighted by Gasteiger charge is -2.15. The van der Waals surface area contributed by atoms with Crippen LogP contribution in [0.15, 0.2) is 24.3 Å². The van der Waals surface area contributed by atoms with Crippen molar-refractivity contribution in [3.05, 3.63) is 29.8 Å². The van der Waals surface area contributed by atoms with Crippen LogP contribution in [0.25, 0.3) is 0 Å². The molecule has 0 aromatic heterocycles. The maximum atomic E-state index is 9.75. The molecule has 0 unspecified atom stereocenters. The highest BCUT2D eigenvalue weighted by atomic mass is 16.5. The van der Waals surface area contributed by atoms with Crippen LogP contribution in [0.4, 0.5) is 0 Å². The van der Waals surface area contributed by atoms with Crippen LogP contribution < -0.4 is 10.5 Å². The third kappa shape index (κ3) is 3.51. The van der Waals surface area contributed by atoms with Gasteiger partial charge in [-0.2, -0.15) is 0 Å². The quantitative estimate of drug-likeness (QED) is 0.660. The zero-order valence-corrected chi connectivity index (χ0v) is 8.76. The molecule has 1 rings (SSSR count). The van der Waals surface area contributed by atoms with Crippen LogP contribution in [-0.4, -0.2) is 30.0 Å². The molecule has 4 nitrogen and oxygen atoms in total. The lowest BCUT2D eigenvalue weighted by atomic mass is 10.0. The molecule has 0 bridgehead atoms. The minimum absolute atomic E-state index is 0.118. The van der Waals surface area contributed by atoms with Gasteiger partial charge in [-0.3, -0.25) is 0 Å². The smallest absolute Gasteiger partial charge is 0.118 e. The Morgan fingerprint density at radius 2 is 1.93 bits per heavy atom. The molecule has 1 aromatic carbocycles. The van der Waals surface area contributed by atoms with Crippen molar-refractivity contribution in [1.82, 2.24) is 0 Å². The number of rotatable bonds is 5. The number of hydrogen-bond acceptors (Lipinski definition) is 4. The van der Waals surface area contributed by atoms with Gasteiger partial charge in [-0.15, -0.1) is 0 Å². The van der Waals surface area contributed by atoms with Crippen molar-refractivity contribution in [2.45, 2.75) is 18.6 Å². The van der Waals surface area contributed by atoms with Crippen LogP contribution in [0, 0.1) is 0 Å². The molecule has 0 saturated heterocycles. The molecule has 4 heteroatoms. The molecule has 84 valence electrons. The maximum absolute atomic E-state index is 9.75. The molecule has 0 aliphatic carbocycles. The van der Waals surface area contributed by atoms with E-state index in [9.17, 15) is 5.11 Å². The molecule has 15 heavy (non-hydrogen) atoms. The fraction of sp³-hybridized carbons (Fsp3) is 0.455. The maximum Gasteiger partial charge on any atom is 0.118 e. The number of benzene rings is 1. The van der Waals surface area contributed by atoms with Crippen LogP contribution in [0.5, 0.6) is 5.75 Å². The van der Waals surface area contributed by atoms with E-state index in [0.29, 0.717) is 6.42 Å². The van der Waals surface area contributed by atoms with Crippen molar-refractivity contribution in [2.75, 3.05) is 13.7 Å². The van der Waals surface area contributed by atoms with Crippen LogP contribution >= 0.6 is 0 Å². The number of ether oxygens (including phenoxy) is 1. The van der Waals surface area contributed by atoms with Crippen molar-refractivity contribution in [3.63, 3.8) is 0 Å². The van der Waals surface area contributed by atoms with Gasteiger partial charge in [0.25, 0.3) is 0 Å². The molecule has 2 atom stereocenters. The predicted octanol–water partition coefficient (Wildman–Crippen LogP) is 0.438. The normalized spacial score (nSPS) is 14.7. The van der Waals surface area contributed by atoms with Crippen LogP contribution in [0.1, 0.15) is 18.1 Å². The highest BCUT2D eigenvalue weighted by Crippen LogP contribution is 2.20. The summed E-state index contributed by atoms with van der Waals surface area (Å²) in [5, 5.41) is 18.5. The van der Waals surface area contributed by atoms with Crippen molar-refractivity contribution in [3.8, 4) is 5.75 Å². The monoisotopic (exact) mass is 211 g/mol. The van der Waals surface area contributed by atoms with E-state index in [0.717, 1.165) is 11.3 Å². The summed E-state index contributed by atoms with van der Waals surface area (Å²) in [5.41, 5.74) is 6.31. The van der Waals surface area contributed by atoms with Crippen molar-refractivity contribution in [1.29, 1.82) is 0 Å². The largest absolute Gasteiger partial charge is 0.497 e. The third-order valence-electron chi connectivity index (χ3n) is 2.26. The molecule has 0 heterocycles. The van der Waals surface area contributed by atoms with Crippen LogP contribution in [-0.2, 0) is 0 Å². The van der Waals surface area contributed by atoms with Gasteiger partial charge in [0, 0.05) is 6.04 Å². The van der Waals surface area contributed by atoms with Gasteiger partial charge in [-0.05, 0) is 24.1 Å². The van der Waals surface area contributed by atoms with Gasteiger partial charge in [0.1, 0.15) is 5.75 Å². The molecule has 0 aliphatic rings. The van der Waals surface area contributed by atoms with E-state index in [-0.39, 0.29) is 12.6 Å². The summed E-state index contributed by atoms with van der Waals surface area (Å²) in [6, 6.07) is 6.75. The summed E-state index contributed by atoms with van der Waals surface area (Å²) >= 11 is 0. The zero-order chi connectivity index (χ0) is 11.3.